The molecular weight excluding hydrogens is 178 g/mol. The molecule has 0 amide bonds. The van der Waals surface area contributed by atoms with Gasteiger partial charge in [-0.25, -0.2) is 9.97 Å². The molecule has 0 aliphatic rings. The Kier molecular flexibility index (Phi) is 1.98. The Hall–Kier alpha value is -1.45. The molecule has 0 aromatic carbocycles. The van der Waals surface area contributed by atoms with Gasteiger partial charge in [0.1, 0.15) is 5.52 Å². The predicted molar refractivity (Wildman–Crippen MR) is 52.8 cm³/mol. The third-order valence-electron chi connectivity index (χ3n) is 1.84. The fourth-order valence-electron chi connectivity index (χ4n) is 1.33. The third kappa shape index (κ3) is 1.89. The van der Waals surface area contributed by atoms with Crippen molar-refractivity contribution in [2.24, 2.45) is 5.41 Å². The minimum absolute atomic E-state index is 0.211. The lowest BCUT2D eigenvalue weighted by atomic mass is 9.91. The minimum Gasteiger partial charge on any atom is -0.334 e. The topological polar surface area (TPSA) is 51.8 Å². The van der Waals surface area contributed by atoms with Crippen molar-refractivity contribution in [2.75, 3.05) is 0 Å². The summed E-state index contributed by atoms with van der Waals surface area (Å²) in [7, 11) is 0. The first kappa shape index (κ1) is 9.12. The second-order valence-corrected chi connectivity index (χ2v) is 4.61. The largest absolute Gasteiger partial charge is 0.334 e. The van der Waals surface area contributed by atoms with Crippen molar-refractivity contribution in [3.63, 3.8) is 0 Å². The highest BCUT2D eigenvalue weighted by atomic mass is 16.5. The molecule has 0 aliphatic heterocycles. The van der Waals surface area contributed by atoms with Crippen LogP contribution in [0, 0.1) is 5.41 Å². The number of hydrogen-bond donors (Lipinski definition) is 0. The molecule has 0 saturated carbocycles. The van der Waals surface area contributed by atoms with Gasteiger partial charge in [-0.05, 0) is 11.8 Å². The standard InChI is InChI=1S/C10H13N3O/c1-10(2,3)4-7-5-11-8-6-12-14-9(8)13-7/h5-6H,4H2,1-3H3. The van der Waals surface area contributed by atoms with Crippen molar-refractivity contribution in [2.45, 2.75) is 27.2 Å². The minimum atomic E-state index is 0.211. The SMILES string of the molecule is CC(C)(C)Cc1cnc2cnoc2n1. The van der Waals surface area contributed by atoms with Gasteiger partial charge in [0.15, 0.2) is 0 Å². The van der Waals surface area contributed by atoms with Gasteiger partial charge >= 0.3 is 0 Å². The summed E-state index contributed by atoms with van der Waals surface area (Å²) in [6.45, 7) is 6.50. The van der Waals surface area contributed by atoms with E-state index in [1.54, 1.807) is 12.4 Å². The van der Waals surface area contributed by atoms with E-state index in [1.165, 1.54) is 0 Å². The lowest BCUT2D eigenvalue weighted by Crippen LogP contribution is -2.10. The quantitative estimate of drug-likeness (QED) is 0.693. The van der Waals surface area contributed by atoms with Gasteiger partial charge in [-0.3, -0.25) is 0 Å². The third-order valence-corrected chi connectivity index (χ3v) is 1.84. The first-order valence-corrected chi connectivity index (χ1v) is 4.61. The number of aromatic nitrogens is 3. The number of rotatable bonds is 1. The van der Waals surface area contributed by atoms with Crippen LogP contribution in [0.15, 0.2) is 16.9 Å². The van der Waals surface area contributed by atoms with Crippen LogP contribution in [-0.4, -0.2) is 15.1 Å². The van der Waals surface area contributed by atoms with E-state index in [-0.39, 0.29) is 5.41 Å². The average molecular weight is 191 g/mol. The Bertz CT molecular complexity index is 442. The van der Waals surface area contributed by atoms with Crippen LogP contribution in [0.25, 0.3) is 11.2 Å². The molecule has 74 valence electrons. The summed E-state index contributed by atoms with van der Waals surface area (Å²) in [5.74, 6) is 0. The van der Waals surface area contributed by atoms with Crippen LogP contribution in [-0.2, 0) is 6.42 Å². The van der Waals surface area contributed by atoms with Crippen LogP contribution in [0.4, 0.5) is 0 Å². The van der Waals surface area contributed by atoms with Crippen molar-refractivity contribution in [1.29, 1.82) is 0 Å². The summed E-state index contributed by atoms with van der Waals surface area (Å²) in [6.07, 6.45) is 4.24. The van der Waals surface area contributed by atoms with Crippen LogP contribution in [0.2, 0.25) is 0 Å². The van der Waals surface area contributed by atoms with E-state index in [1.807, 2.05) is 0 Å². The summed E-state index contributed by atoms with van der Waals surface area (Å²) in [6, 6.07) is 0. The highest BCUT2D eigenvalue weighted by molar-refractivity contribution is 5.65. The molecule has 4 nitrogen and oxygen atoms in total. The predicted octanol–water partition coefficient (Wildman–Crippen LogP) is 2.21. The molecule has 0 radical (unpaired) electrons. The molecule has 4 heteroatoms. The summed E-state index contributed by atoms with van der Waals surface area (Å²) >= 11 is 0. The van der Waals surface area contributed by atoms with Gasteiger partial charge in [0.05, 0.1) is 11.9 Å². The summed E-state index contributed by atoms with van der Waals surface area (Å²) in [5, 5.41) is 3.64. The van der Waals surface area contributed by atoms with Crippen LogP contribution in [0.1, 0.15) is 26.5 Å². The monoisotopic (exact) mass is 191 g/mol. The van der Waals surface area contributed by atoms with E-state index < -0.39 is 0 Å². The second-order valence-electron chi connectivity index (χ2n) is 4.61. The fourth-order valence-corrected chi connectivity index (χ4v) is 1.33. The molecule has 14 heavy (non-hydrogen) atoms. The van der Waals surface area contributed by atoms with Crippen LogP contribution >= 0.6 is 0 Å². The Morgan fingerprint density at radius 3 is 2.79 bits per heavy atom. The summed E-state index contributed by atoms with van der Waals surface area (Å²) < 4.78 is 4.95. The summed E-state index contributed by atoms with van der Waals surface area (Å²) in [5.41, 5.74) is 2.39. The van der Waals surface area contributed by atoms with Gasteiger partial charge in [0.25, 0.3) is 5.71 Å². The Morgan fingerprint density at radius 2 is 2.07 bits per heavy atom. The maximum atomic E-state index is 4.95. The average Bonchev–Trinajstić information content (AvgIpc) is 2.47. The molecule has 0 atom stereocenters. The van der Waals surface area contributed by atoms with Crippen molar-refractivity contribution in [1.82, 2.24) is 15.1 Å². The zero-order valence-electron chi connectivity index (χ0n) is 8.61. The Labute approximate surface area is 82.3 Å². The van der Waals surface area contributed by atoms with Crippen molar-refractivity contribution in [3.05, 3.63) is 18.1 Å². The molecule has 0 bridgehead atoms. The smallest absolute Gasteiger partial charge is 0.276 e. The van der Waals surface area contributed by atoms with Gasteiger partial charge in [-0.1, -0.05) is 25.9 Å². The highest BCUT2D eigenvalue weighted by Gasteiger charge is 2.13. The molecule has 0 unspecified atom stereocenters. The van der Waals surface area contributed by atoms with Gasteiger partial charge < -0.3 is 4.52 Å². The fraction of sp³-hybridized carbons (Fsp3) is 0.500. The van der Waals surface area contributed by atoms with Crippen molar-refractivity contribution in [3.8, 4) is 0 Å². The van der Waals surface area contributed by atoms with Crippen LogP contribution in [0.3, 0.4) is 0 Å². The normalized spacial score (nSPS) is 12.2. The number of hydrogen-bond acceptors (Lipinski definition) is 4. The van der Waals surface area contributed by atoms with Gasteiger partial charge in [-0.15, -0.1) is 0 Å². The lowest BCUT2D eigenvalue weighted by Gasteiger charge is -2.16. The van der Waals surface area contributed by atoms with E-state index in [0.717, 1.165) is 12.1 Å². The van der Waals surface area contributed by atoms with E-state index >= 15 is 0 Å². The number of fused-ring (bicyclic) bond motifs is 1. The zero-order valence-corrected chi connectivity index (χ0v) is 8.61. The van der Waals surface area contributed by atoms with E-state index in [9.17, 15) is 0 Å². The van der Waals surface area contributed by atoms with Gasteiger partial charge in [0, 0.05) is 6.20 Å². The molecule has 0 fully saturated rings. The lowest BCUT2D eigenvalue weighted by molar-refractivity contribution is 0.403. The maximum absolute atomic E-state index is 4.95. The zero-order chi connectivity index (χ0) is 10.2. The molecule has 2 aromatic heterocycles. The van der Waals surface area contributed by atoms with Crippen LogP contribution < -0.4 is 0 Å². The molecule has 0 spiro atoms. The molecular formula is C10H13N3O. The van der Waals surface area contributed by atoms with Crippen LogP contribution in [0.5, 0.6) is 0 Å². The molecule has 2 heterocycles. The summed E-state index contributed by atoms with van der Waals surface area (Å²) in [4.78, 5) is 8.54. The molecule has 2 aromatic rings. The van der Waals surface area contributed by atoms with Crippen molar-refractivity contribution >= 4 is 11.2 Å². The maximum Gasteiger partial charge on any atom is 0.276 e. The van der Waals surface area contributed by atoms with E-state index in [4.69, 9.17) is 4.52 Å². The Morgan fingerprint density at radius 1 is 1.29 bits per heavy atom. The Balaban J connectivity index is 2.35. The molecule has 2 rings (SSSR count). The molecule has 0 saturated heterocycles. The highest BCUT2D eigenvalue weighted by Crippen LogP contribution is 2.19. The second kappa shape index (κ2) is 3.04. The van der Waals surface area contributed by atoms with E-state index in [2.05, 4.69) is 35.9 Å². The molecule has 0 aliphatic carbocycles. The van der Waals surface area contributed by atoms with E-state index in [0.29, 0.717) is 11.2 Å². The molecule has 0 N–H and O–H groups in total. The first-order chi connectivity index (χ1) is 6.54. The van der Waals surface area contributed by atoms with Gasteiger partial charge in [0.2, 0.25) is 0 Å². The van der Waals surface area contributed by atoms with Crippen molar-refractivity contribution < 1.29 is 4.52 Å². The number of nitrogens with zero attached hydrogens (tertiary/aromatic N) is 3. The first-order valence-electron chi connectivity index (χ1n) is 4.61. The van der Waals surface area contributed by atoms with Gasteiger partial charge in [-0.2, -0.15) is 0 Å².